The molecule has 1 aromatic heterocycles. The molecule has 0 N–H and O–H groups in total. The first-order chi connectivity index (χ1) is 23.8. The molecule has 0 saturated carbocycles. The number of rotatable bonds is 11. The number of hydrogen-bond donors (Lipinski definition) is 0. The summed E-state index contributed by atoms with van der Waals surface area (Å²) in [4.78, 5) is 2.21. The van der Waals surface area contributed by atoms with Crippen molar-refractivity contribution in [2.45, 2.75) is 26.3 Å². The van der Waals surface area contributed by atoms with E-state index in [1.807, 2.05) is 91.0 Å². The Morgan fingerprint density at radius 2 is 1.43 bits per heavy atom. The highest BCUT2D eigenvalue weighted by atomic mass is 32.2. The fraction of sp³-hybridized carbons (Fsp3) is 0.146. The van der Waals surface area contributed by atoms with Crippen molar-refractivity contribution in [3.63, 3.8) is 0 Å². The summed E-state index contributed by atoms with van der Waals surface area (Å²) >= 11 is 0. The Labute approximate surface area is 286 Å². The van der Waals surface area contributed by atoms with Gasteiger partial charge in [-0.1, -0.05) is 110 Å². The fourth-order valence-electron chi connectivity index (χ4n) is 6.15. The Hall–Kier alpha value is -5.44. The van der Waals surface area contributed by atoms with Gasteiger partial charge >= 0.3 is 5.89 Å². The zero-order chi connectivity index (χ0) is 33.8. The van der Waals surface area contributed by atoms with Gasteiger partial charge in [0.25, 0.3) is 5.52 Å². The van der Waals surface area contributed by atoms with Crippen LogP contribution >= 0.6 is 0 Å². The quantitative estimate of drug-likeness (QED) is 0.102. The molecule has 7 rings (SSSR count). The van der Waals surface area contributed by atoms with Crippen LogP contribution in [0.25, 0.3) is 39.4 Å². The molecular weight excluding hydrogens is 633 g/mol. The lowest BCUT2D eigenvalue weighted by atomic mass is 10.0. The summed E-state index contributed by atoms with van der Waals surface area (Å²) in [6.07, 6.45) is 5.39. The molecule has 5 aromatic carbocycles. The zero-order valence-corrected chi connectivity index (χ0v) is 28.0. The molecule has 2 heterocycles. The van der Waals surface area contributed by atoms with Crippen molar-refractivity contribution in [1.29, 1.82) is 0 Å². The maximum absolute atomic E-state index is 11.7. The van der Waals surface area contributed by atoms with Crippen molar-refractivity contribution in [3.8, 4) is 28.0 Å². The Kier molecular flexibility index (Phi) is 9.15. The summed E-state index contributed by atoms with van der Waals surface area (Å²) in [5.41, 5.74) is 8.66. The molecule has 0 bridgehead atoms. The van der Waals surface area contributed by atoms with Crippen LogP contribution in [0.15, 0.2) is 149 Å². The second-order valence-corrected chi connectivity index (χ2v) is 13.5. The van der Waals surface area contributed by atoms with Crippen LogP contribution in [0.1, 0.15) is 24.8 Å². The second-order valence-electron chi connectivity index (χ2n) is 12.0. The second kappa shape index (κ2) is 14.0. The number of hydrogen-bond acceptors (Lipinski definition) is 6. The van der Waals surface area contributed by atoms with Crippen LogP contribution in [-0.4, -0.2) is 25.3 Å². The van der Waals surface area contributed by atoms with Gasteiger partial charge in [-0.15, -0.1) is 0 Å². The van der Waals surface area contributed by atoms with E-state index in [2.05, 4.69) is 60.4 Å². The van der Waals surface area contributed by atoms with Crippen molar-refractivity contribution >= 4 is 33.0 Å². The van der Waals surface area contributed by atoms with Gasteiger partial charge < -0.3 is 18.6 Å². The lowest BCUT2D eigenvalue weighted by Crippen LogP contribution is -2.38. The van der Waals surface area contributed by atoms with E-state index in [9.17, 15) is 13.0 Å². The molecule has 0 aliphatic carbocycles. The number of nitrogens with zero attached hydrogens (tertiary/aromatic N) is 2. The molecule has 0 saturated heterocycles. The summed E-state index contributed by atoms with van der Waals surface area (Å²) in [5.74, 6) is 1.37. The van der Waals surface area contributed by atoms with Crippen molar-refractivity contribution in [1.82, 2.24) is 0 Å². The Morgan fingerprint density at radius 3 is 2.08 bits per heavy atom. The van der Waals surface area contributed by atoms with Crippen LogP contribution in [-0.2, 0) is 23.1 Å². The Morgan fingerprint density at radius 1 is 0.796 bits per heavy atom. The predicted molar refractivity (Wildman–Crippen MR) is 193 cm³/mol. The smallest absolute Gasteiger partial charge is 0.374 e. The molecular formula is C41H36N2O5S. The monoisotopic (exact) mass is 668 g/mol. The molecule has 7 nitrogen and oxygen atoms in total. The van der Waals surface area contributed by atoms with Crippen LogP contribution in [0.5, 0.6) is 5.75 Å². The van der Waals surface area contributed by atoms with Gasteiger partial charge in [-0.2, -0.15) is 4.57 Å². The van der Waals surface area contributed by atoms with Gasteiger partial charge in [-0.25, -0.2) is 8.42 Å². The van der Waals surface area contributed by atoms with E-state index in [1.54, 1.807) is 4.57 Å². The first-order valence-corrected chi connectivity index (χ1v) is 18.0. The SMILES string of the molecule is CCC(=Cc1oc2ccc(-c3ccccc3)cc2[n+]1CCS(=O)(=O)[O-])C=C1Oc2ccc(-c3ccccc3)cc2N1CCc1ccccc1. The van der Waals surface area contributed by atoms with Gasteiger partial charge in [-0.3, -0.25) is 0 Å². The maximum Gasteiger partial charge on any atom is 0.374 e. The lowest BCUT2D eigenvalue weighted by molar-refractivity contribution is -0.673. The average molecular weight is 669 g/mol. The summed E-state index contributed by atoms with van der Waals surface area (Å²) in [6, 6.07) is 42.7. The third-order valence-electron chi connectivity index (χ3n) is 8.73. The van der Waals surface area contributed by atoms with E-state index in [4.69, 9.17) is 9.15 Å². The van der Waals surface area contributed by atoms with E-state index in [-0.39, 0.29) is 6.54 Å². The van der Waals surface area contributed by atoms with Crippen molar-refractivity contribution in [3.05, 3.63) is 156 Å². The van der Waals surface area contributed by atoms with Gasteiger partial charge in [0.15, 0.2) is 12.3 Å². The maximum atomic E-state index is 11.7. The molecule has 1 aliphatic heterocycles. The topological polar surface area (TPSA) is 86.7 Å². The Bertz CT molecular complexity index is 2260. The summed E-state index contributed by atoms with van der Waals surface area (Å²) in [5, 5.41) is 0. The van der Waals surface area contributed by atoms with Crippen LogP contribution in [0.2, 0.25) is 0 Å². The van der Waals surface area contributed by atoms with Gasteiger partial charge in [0.2, 0.25) is 11.5 Å². The first kappa shape index (κ1) is 32.1. The Balaban J connectivity index is 1.28. The molecule has 8 heteroatoms. The number of aryl methyl sites for hydroxylation is 1. The molecule has 49 heavy (non-hydrogen) atoms. The zero-order valence-electron chi connectivity index (χ0n) is 27.2. The largest absolute Gasteiger partial charge is 0.748 e. The summed E-state index contributed by atoms with van der Waals surface area (Å²) in [6.45, 7) is 2.71. The predicted octanol–water partition coefficient (Wildman–Crippen LogP) is 8.38. The molecule has 0 unspecified atom stereocenters. The number of allylic oxidation sites excluding steroid dienone is 2. The van der Waals surface area contributed by atoms with Crippen LogP contribution in [0.3, 0.4) is 0 Å². The number of ether oxygens (including phenoxy) is 1. The molecule has 1 aliphatic rings. The average Bonchev–Trinajstić information content (AvgIpc) is 3.65. The van der Waals surface area contributed by atoms with Crippen molar-refractivity contribution in [2.75, 3.05) is 17.2 Å². The minimum atomic E-state index is -4.46. The van der Waals surface area contributed by atoms with Crippen LogP contribution < -0.4 is 14.2 Å². The molecule has 246 valence electrons. The number of benzene rings is 5. The molecule has 0 fully saturated rings. The van der Waals surface area contributed by atoms with Crippen LogP contribution in [0, 0.1) is 0 Å². The van der Waals surface area contributed by atoms with Crippen LogP contribution in [0.4, 0.5) is 5.69 Å². The highest BCUT2D eigenvalue weighted by Gasteiger charge is 2.28. The third kappa shape index (κ3) is 7.36. The molecule has 6 aromatic rings. The molecule has 0 spiro atoms. The third-order valence-corrected chi connectivity index (χ3v) is 9.42. The molecule has 0 atom stereocenters. The summed E-state index contributed by atoms with van der Waals surface area (Å²) < 4.78 is 49.8. The minimum absolute atomic E-state index is 0.0378. The van der Waals surface area contributed by atoms with E-state index in [0.29, 0.717) is 35.8 Å². The van der Waals surface area contributed by atoms with Crippen molar-refractivity contribution in [2.24, 2.45) is 0 Å². The molecule has 0 radical (unpaired) electrons. The number of oxazole rings is 1. The standard InChI is InChI=1S/C41H36N2O5S/c1-2-30(27-41-43(24-25-49(44,45)46)37-29-35(19-21-39(37)48-41)33-16-10-5-11-17-33)26-40-42(23-22-31-12-6-3-7-13-31)36-28-34(18-20-38(36)47-40)32-14-8-4-9-15-32/h3-21,26-29H,2,22-25H2,1H3. The molecule has 0 amide bonds. The van der Waals surface area contributed by atoms with E-state index in [0.717, 1.165) is 45.7 Å². The normalized spacial score (nSPS) is 14.0. The number of fused-ring (bicyclic) bond motifs is 2. The highest BCUT2D eigenvalue weighted by Crippen LogP contribution is 2.42. The number of aromatic nitrogens is 1. The summed E-state index contributed by atoms with van der Waals surface area (Å²) in [7, 11) is -4.46. The highest BCUT2D eigenvalue weighted by molar-refractivity contribution is 7.85. The fourth-order valence-corrected chi connectivity index (χ4v) is 6.56. The van der Waals surface area contributed by atoms with E-state index >= 15 is 0 Å². The van der Waals surface area contributed by atoms with Gasteiger partial charge in [0.05, 0.1) is 17.5 Å². The van der Waals surface area contributed by atoms with E-state index < -0.39 is 15.9 Å². The minimum Gasteiger partial charge on any atom is -0.748 e. The van der Waals surface area contributed by atoms with Gasteiger partial charge in [-0.05, 0) is 64.4 Å². The van der Waals surface area contributed by atoms with Crippen molar-refractivity contribution < 1.29 is 26.7 Å². The lowest BCUT2D eigenvalue weighted by Gasteiger charge is -2.19. The van der Waals surface area contributed by atoms with Gasteiger partial charge in [0, 0.05) is 18.7 Å². The number of anilines is 1. The van der Waals surface area contributed by atoms with E-state index in [1.165, 1.54) is 5.56 Å². The van der Waals surface area contributed by atoms with Gasteiger partial charge in [0.1, 0.15) is 10.1 Å². The first-order valence-electron chi connectivity index (χ1n) is 16.4.